The zero-order chi connectivity index (χ0) is 17.0. The van der Waals surface area contributed by atoms with Gasteiger partial charge in [-0.25, -0.2) is 0 Å². The quantitative estimate of drug-likeness (QED) is 0.632. The highest BCUT2D eigenvalue weighted by Crippen LogP contribution is 2.26. The van der Waals surface area contributed by atoms with E-state index in [1.54, 1.807) is 0 Å². The molecule has 0 saturated heterocycles. The number of methoxy groups -OCH3 is 1. The van der Waals surface area contributed by atoms with E-state index in [0.717, 1.165) is 10.0 Å². The lowest BCUT2D eigenvalue weighted by Gasteiger charge is -2.17. The molecule has 1 amide bonds. The summed E-state index contributed by atoms with van der Waals surface area (Å²) in [4.78, 5) is 22.8. The Morgan fingerprint density at radius 3 is 2.61 bits per heavy atom. The molecule has 0 aliphatic heterocycles. The molecule has 2 aromatic rings. The van der Waals surface area contributed by atoms with Crippen molar-refractivity contribution in [1.29, 1.82) is 0 Å². The summed E-state index contributed by atoms with van der Waals surface area (Å²) in [7, 11) is 1.41. The number of ether oxygens (including phenoxy) is 1. The lowest BCUT2D eigenvalue weighted by Crippen LogP contribution is -2.27. The van der Waals surface area contributed by atoms with Crippen molar-refractivity contribution in [2.45, 2.75) is 13.0 Å². The van der Waals surface area contributed by atoms with Crippen LogP contribution in [-0.2, 0) is 0 Å². The van der Waals surface area contributed by atoms with Gasteiger partial charge >= 0.3 is 0 Å². The predicted molar refractivity (Wildman–Crippen MR) is 89.7 cm³/mol. The molecule has 0 saturated carbocycles. The van der Waals surface area contributed by atoms with Crippen LogP contribution in [0.3, 0.4) is 0 Å². The number of benzene rings is 2. The second-order valence-electron chi connectivity index (χ2n) is 4.86. The molecule has 0 radical (unpaired) electrons. The molecule has 0 spiro atoms. The van der Waals surface area contributed by atoms with Crippen molar-refractivity contribution in [2.75, 3.05) is 7.11 Å². The molecule has 1 atom stereocenters. The van der Waals surface area contributed by atoms with Gasteiger partial charge in [-0.2, -0.15) is 0 Å². The summed E-state index contributed by atoms with van der Waals surface area (Å²) >= 11 is 3.44. The monoisotopic (exact) mass is 378 g/mol. The Bertz CT molecular complexity index is 749. The van der Waals surface area contributed by atoms with E-state index in [0.29, 0.717) is 0 Å². The number of non-ortho nitro benzene ring substituents is 1. The maximum absolute atomic E-state index is 12.5. The third-order valence-corrected chi connectivity index (χ3v) is 4.08. The molecule has 6 nitrogen and oxygen atoms in total. The number of carbonyl (C=O) groups is 1. The molecule has 120 valence electrons. The number of nitro benzene ring substituents is 1. The predicted octanol–water partition coefficient (Wildman–Crippen LogP) is 3.86. The van der Waals surface area contributed by atoms with Crippen molar-refractivity contribution in [3.63, 3.8) is 0 Å². The maximum Gasteiger partial charge on any atom is 0.270 e. The number of halogens is 1. The minimum Gasteiger partial charge on any atom is -0.496 e. The molecule has 7 heteroatoms. The lowest BCUT2D eigenvalue weighted by molar-refractivity contribution is -0.384. The van der Waals surface area contributed by atoms with Crippen LogP contribution in [0.1, 0.15) is 28.9 Å². The van der Waals surface area contributed by atoms with Gasteiger partial charge in [-0.15, -0.1) is 0 Å². The fourth-order valence-corrected chi connectivity index (χ4v) is 2.79. The van der Waals surface area contributed by atoms with Crippen molar-refractivity contribution in [3.05, 3.63) is 68.2 Å². The highest BCUT2D eigenvalue weighted by molar-refractivity contribution is 9.10. The van der Waals surface area contributed by atoms with Crippen molar-refractivity contribution >= 4 is 27.5 Å². The summed E-state index contributed by atoms with van der Waals surface area (Å²) in [5.74, 6) is -0.152. The smallest absolute Gasteiger partial charge is 0.270 e. The maximum atomic E-state index is 12.5. The molecule has 0 aliphatic rings. The van der Waals surface area contributed by atoms with Crippen molar-refractivity contribution in [2.24, 2.45) is 0 Å². The number of amides is 1. The van der Waals surface area contributed by atoms with Crippen molar-refractivity contribution in [1.82, 2.24) is 5.32 Å². The summed E-state index contributed by atoms with van der Waals surface area (Å²) in [6.45, 7) is 1.84. The van der Waals surface area contributed by atoms with Gasteiger partial charge in [-0.1, -0.05) is 34.1 Å². The van der Waals surface area contributed by atoms with Gasteiger partial charge in [0.25, 0.3) is 11.6 Å². The van der Waals surface area contributed by atoms with E-state index < -0.39 is 10.8 Å². The number of rotatable bonds is 5. The van der Waals surface area contributed by atoms with E-state index in [4.69, 9.17) is 4.74 Å². The van der Waals surface area contributed by atoms with E-state index in [1.165, 1.54) is 25.3 Å². The summed E-state index contributed by atoms with van der Waals surface area (Å²) in [5, 5.41) is 13.7. The van der Waals surface area contributed by atoms with Crippen LogP contribution in [0.15, 0.2) is 46.9 Å². The summed E-state index contributed by atoms with van der Waals surface area (Å²) in [6, 6.07) is 11.2. The number of nitro groups is 1. The average Bonchev–Trinajstić information content (AvgIpc) is 2.54. The first-order valence-electron chi connectivity index (χ1n) is 6.81. The molecule has 0 aromatic heterocycles. The van der Waals surface area contributed by atoms with Gasteiger partial charge in [0.15, 0.2) is 0 Å². The van der Waals surface area contributed by atoms with Crippen LogP contribution in [0.2, 0.25) is 0 Å². The average molecular weight is 379 g/mol. The summed E-state index contributed by atoms with van der Waals surface area (Å²) in [6.07, 6.45) is 0. The Morgan fingerprint density at radius 1 is 1.30 bits per heavy atom. The van der Waals surface area contributed by atoms with E-state index in [2.05, 4.69) is 21.2 Å². The Labute approximate surface area is 141 Å². The SMILES string of the molecule is COc1ccc([N+](=O)[O-])cc1C(=O)NC(C)c1ccccc1Br. The number of nitrogens with one attached hydrogen (secondary N) is 1. The Morgan fingerprint density at radius 2 is 2.00 bits per heavy atom. The standard InChI is InChI=1S/C16H15BrN2O4/c1-10(12-5-3-4-6-14(12)17)18-16(20)13-9-11(19(21)22)7-8-15(13)23-2/h3-10H,1-2H3,(H,18,20). The third kappa shape index (κ3) is 3.87. The molecular formula is C16H15BrN2O4. The fraction of sp³-hybridized carbons (Fsp3) is 0.188. The largest absolute Gasteiger partial charge is 0.496 e. The van der Waals surface area contributed by atoms with Crippen LogP contribution in [0.4, 0.5) is 5.69 Å². The second kappa shape index (κ2) is 7.23. The highest BCUT2D eigenvalue weighted by atomic mass is 79.9. The van der Waals surface area contributed by atoms with E-state index in [-0.39, 0.29) is 23.0 Å². The van der Waals surface area contributed by atoms with Crippen molar-refractivity contribution in [3.8, 4) is 5.75 Å². The molecule has 1 unspecified atom stereocenters. The molecule has 2 rings (SSSR count). The van der Waals surface area contributed by atoms with Gasteiger partial charge in [0.05, 0.1) is 23.6 Å². The highest BCUT2D eigenvalue weighted by Gasteiger charge is 2.20. The van der Waals surface area contributed by atoms with Crippen LogP contribution in [-0.4, -0.2) is 17.9 Å². The molecule has 0 heterocycles. The van der Waals surface area contributed by atoms with Crippen LogP contribution in [0.25, 0.3) is 0 Å². The Hall–Kier alpha value is -2.41. The molecule has 0 fully saturated rings. The first-order chi connectivity index (χ1) is 10.9. The molecule has 1 N–H and O–H groups in total. The van der Waals surface area contributed by atoms with Gasteiger partial charge in [0.2, 0.25) is 0 Å². The van der Waals surface area contributed by atoms with Gasteiger partial charge in [-0.3, -0.25) is 14.9 Å². The Balaban J connectivity index is 2.28. The van der Waals surface area contributed by atoms with E-state index in [9.17, 15) is 14.9 Å². The molecule has 2 aromatic carbocycles. The molecular weight excluding hydrogens is 364 g/mol. The lowest BCUT2D eigenvalue weighted by atomic mass is 10.1. The molecule has 0 aliphatic carbocycles. The first kappa shape index (κ1) is 17.0. The summed E-state index contributed by atoms with van der Waals surface area (Å²) in [5.41, 5.74) is 0.871. The number of carbonyl (C=O) groups excluding carboxylic acids is 1. The molecule has 23 heavy (non-hydrogen) atoms. The van der Waals surface area contributed by atoms with Gasteiger partial charge < -0.3 is 10.1 Å². The Kier molecular flexibility index (Phi) is 5.33. The van der Waals surface area contributed by atoms with Crippen LogP contribution in [0.5, 0.6) is 5.75 Å². The topological polar surface area (TPSA) is 81.5 Å². The molecule has 0 bridgehead atoms. The minimum atomic E-state index is -0.548. The summed E-state index contributed by atoms with van der Waals surface area (Å²) < 4.78 is 5.99. The zero-order valence-electron chi connectivity index (χ0n) is 12.6. The van der Waals surface area contributed by atoms with E-state index >= 15 is 0 Å². The van der Waals surface area contributed by atoms with Gasteiger partial charge in [0.1, 0.15) is 5.75 Å². The second-order valence-corrected chi connectivity index (χ2v) is 5.71. The number of hydrogen-bond donors (Lipinski definition) is 1. The third-order valence-electron chi connectivity index (χ3n) is 3.36. The van der Waals surface area contributed by atoms with Gasteiger partial charge in [0, 0.05) is 16.6 Å². The van der Waals surface area contributed by atoms with Crippen LogP contribution >= 0.6 is 15.9 Å². The number of nitrogens with zero attached hydrogens (tertiary/aromatic N) is 1. The van der Waals surface area contributed by atoms with E-state index in [1.807, 2.05) is 31.2 Å². The van der Waals surface area contributed by atoms with Crippen LogP contribution < -0.4 is 10.1 Å². The van der Waals surface area contributed by atoms with Gasteiger partial charge in [-0.05, 0) is 24.6 Å². The minimum absolute atomic E-state index is 0.126. The van der Waals surface area contributed by atoms with Crippen molar-refractivity contribution < 1.29 is 14.5 Å². The fourth-order valence-electron chi connectivity index (χ4n) is 2.17. The first-order valence-corrected chi connectivity index (χ1v) is 7.61. The van der Waals surface area contributed by atoms with Crippen LogP contribution in [0, 0.1) is 10.1 Å². The zero-order valence-corrected chi connectivity index (χ0v) is 14.2. The number of hydrogen-bond acceptors (Lipinski definition) is 4. The normalized spacial score (nSPS) is 11.6.